The van der Waals surface area contributed by atoms with Crippen LogP contribution in [0, 0.1) is 13.8 Å². The van der Waals surface area contributed by atoms with E-state index in [0.29, 0.717) is 5.82 Å². The van der Waals surface area contributed by atoms with Gasteiger partial charge in [-0.05, 0) is 53.5 Å². The van der Waals surface area contributed by atoms with Crippen molar-refractivity contribution in [2.24, 2.45) is 0 Å². The zero-order valence-electron chi connectivity index (χ0n) is 9.77. The molecular weight excluding hydrogens is 336 g/mol. The summed E-state index contributed by atoms with van der Waals surface area (Å²) in [7, 11) is -3.57. The van der Waals surface area contributed by atoms with Crippen LogP contribution in [0.4, 0.5) is 5.82 Å². The Morgan fingerprint density at radius 2 is 2.06 bits per heavy atom. The first-order valence-corrected chi connectivity index (χ1v) is 8.19. The third-order valence-corrected chi connectivity index (χ3v) is 5.45. The Bertz CT molecular complexity index is 680. The van der Waals surface area contributed by atoms with Crippen LogP contribution >= 0.6 is 27.3 Å². The zero-order chi connectivity index (χ0) is 13.3. The first-order valence-electron chi connectivity index (χ1n) is 5.10. The Labute approximate surface area is 118 Å². The van der Waals surface area contributed by atoms with Crippen molar-refractivity contribution in [3.63, 3.8) is 0 Å². The average molecular weight is 347 g/mol. The summed E-state index contributed by atoms with van der Waals surface area (Å²) in [5.41, 5.74) is 0.950. The normalized spacial score (nSPS) is 11.5. The van der Waals surface area contributed by atoms with Gasteiger partial charge in [0.25, 0.3) is 10.0 Å². The van der Waals surface area contributed by atoms with Gasteiger partial charge >= 0.3 is 0 Å². The smallest absolute Gasteiger partial charge is 0.263 e. The molecule has 0 unspecified atom stereocenters. The molecule has 2 aromatic heterocycles. The highest BCUT2D eigenvalue weighted by Crippen LogP contribution is 2.30. The maximum Gasteiger partial charge on any atom is 0.264 e. The van der Waals surface area contributed by atoms with Crippen molar-refractivity contribution in [1.82, 2.24) is 4.98 Å². The highest BCUT2D eigenvalue weighted by molar-refractivity contribution is 9.11. The number of hydrogen-bond acceptors (Lipinski definition) is 4. The Hall–Kier alpha value is -0.920. The lowest BCUT2D eigenvalue weighted by Gasteiger charge is -2.06. The first kappa shape index (κ1) is 13.5. The van der Waals surface area contributed by atoms with E-state index in [1.165, 1.54) is 11.3 Å². The summed E-state index contributed by atoms with van der Waals surface area (Å²) in [6, 6.07) is 5.09. The van der Waals surface area contributed by atoms with Gasteiger partial charge in [-0.2, -0.15) is 0 Å². The molecule has 0 aromatic carbocycles. The summed E-state index contributed by atoms with van der Waals surface area (Å²) in [5.74, 6) is 0.330. The standard InChI is InChI=1S/C11H11BrN2O2S2/c1-7-3-4-13-11(5-7)14-18(15,16)9-6-10(12)17-8(9)2/h3-6H,1-2H3,(H,13,14). The zero-order valence-corrected chi connectivity index (χ0v) is 13.0. The minimum absolute atomic E-state index is 0.280. The number of pyridine rings is 1. The van der Waals surface area contributed by atoms with Crippen molar-refractivity contribution >= 4 is 43.1 Å². The second kappa shape index (κ2) is 4.99. The molecule has 0 bridgehead atoms. The van der Waals surface area contributed by atoms with Crippen molar-refractivity contribution in [3.05, 3.63) is 38.6 Å². The van der Waals surface area contributed by atoms with Gasteiger partial charge in [-0.3, -0.25) is 4.72 Å². The van der Waals surface area contributed by atoms with Gasteiger partial charge in [0.2, 0.25) is 0 Å². The Morgan fingerprint density at radius 3 is 2.61 bits per heavy atom. The van der Waals surface area contributed by atoms with E-state index < -0.39 is 10.0 Å². The molecule has 7 heteroatoms. The number of aryl methyl sites for hydroxylation is 2. The molecule has 2 rings (SSSR count). The SMILES string of the molecule is Cc1ccnc(NS(=O)(=O)c2cc(Br)sc2C)c1. The van der Waals surface area contributed by atoms with Crippen LogP contribution < -0.4 is 4.72 Å². The molecule has 0 atom stereocenters. The molecule has 0 radical (unpaired) electrons. The van der Waals surface area contributed by atoms with E-state index in [1.807, 2.05) is 13.0 Å². The van der Waals surface area contributed by atoms with Gasteiger partial charge in [-0.25, -0.2) is 13.4 Å². The van der Waals surface area contributed by atoms with Gasteiger partial charge < -0.3 is 0 Å². The molecule has 0 spiro atoms. The molecule has 2 aromatic rings. The molecule has 0 aliphatic rings. The van der Waals surface area contributed by atoms with Crippen molar-refractivity contribution in [1.29, 1.82) is 0 Å². The Kier molecular flexibility index (Phi) is 3.74. The largest absolute Gasteiger partial charge is 0.264 e. The van der Waals surface area contributed by atoms with E-state index in [-0.39, 0.29) is 4.90 Å². The maximum absolute atomic E-state index is 12.2. The number of hydrogen-bond donors (Lipinski definition) is 1. The maximum atomic E-state index is 12.2. The summed E-state index contributed by atoms with van der Waals surface area (Å²) in [6.45, 7) is 3.65. The van der Waals surface area contributed by atoms with E-state index in [0.717, 1.165) is 14.2 Å². The van der Waals surface area contributed by atoms with Crippen molar-refractivity contribution in [3.8, 4) is 0 Å². The topological polar surface area (TPSA) is 59.1 Å². The van der Waals surface area contributed by atoms with E-state index in [4.69, 9.17) is 0 Å². The lowest BCUT2D eigenvalue weighted by molar-refractivity contribution is 0.601. The third-order valence-electron chi connectivity index (χ3n) is 2.29. The van der Waals surface area contributed by atoms with Crippen LogP contribution in [0.3, 0.4) is 0 Å². The van der Waals surface area contributed by atoms with E-state index in [9.17, 15) is 8.42 Å². The summed E-state index contributed by atoms with van der Waals surface area (Å²) in [6.07, 6.45) is 1.57. The second-order valence-electron chi connectivity index (χ2n) is 3.79. The van der Waals surface area contributed by atoms with Gasteiger partial charge in [0.1, 0.15) is 10.7 Å². The molecule has 4 nitrogen and oxygen atoms in total. The van der Waals surface area contributed by atoms with Crippen LogP contribution in [-0.4, -0.2) is 13.4 Å². The van der Waals surface area contributed by atoms with Crippen molar-refractivity contribution < 1.29 is 8.42 Å². The predicted octanol–water partition coefficient (Wildman–Crippen LogP) is 3.32. The summed E-state index contributed by atoms with van der Waals surface area (Å²) in [5, 5.41) is 0. The lowest BCUT2D eigenvalue weighted by Crippen LogP contribution is -2.14. The van der Waals surface area contributed by atoms with E-state index in [2.05, 4.69) is 25.6 Å². The van der Waals surface area contributed by atoms with Crippen molar-refractivity contribution in [2.45, 2.75) is 18.7 Å². The fraction of sp³-hybridized carbons (Fsp3) is 0.182. The number of aromatic nitrogens is 1. The van der Waals surface area contributed by atoms with E-state index >= 15 is 0 Å². The lowest BCUT2D eigenvalue weighted by atomic mass is 10.3. The van der Waals surface area contributed by atoms with Crippen LogP contribution in [-0.2, 0) is 10.0 Å². The van der Waals surface area contributed by atoms with Crippen molar-refractivity contribution in [2.75, 3.05) is 4.72 Å². The first-order chi connectivity index (χ1) is 8.38. The molecule has 18 heavy (non-hydrogen) atoms. The minimum Gasteiger partial charge on any atom is -0.263 e. The second-order valence-corrected chi connectivity index (χ2v) is 8.08. The molecule has 0 amide bonds. The quantitative estimate of drug-likeness (QED) is 0.927. The van der Waals surface area contributed by atoms with Gasteiger partial charge in [-0.1, -0.05) is 0 Å². The molecule has 96 valence electrons. The van der Waals surface area contributed by atoms with Crippen LogP contribution in [0.5, 0.6) is 0 Å². The number of rotatable bonds is 3. The minimum atomic E-state index is -3.57. The summed E-state index contributed by atoms with van der Waals surface area (Å²) < 4.78 is 27.6. The van der Waals surface area contributed by atoms with E-state index in [1.54, 1.807) is 25.3 Å². The Balaban J connectivity index is 2.36. The molecule has 0 fully saturated rings. The number of nitrogens with zero attached hydrogens (tertiary/aromatic N) is 1. The molecule has 0 saturated heterocycles. The highest BCUT2D eigenvalue weighted by Gasteiger charge is 2.20. The predicted molar refractivity (Wildman–Crippen MR) is 76.5 cm³/mol. The molecule has 0 aliphatic heterocycles. The fourth-order valence-corrected chi connectivity index (χ4v) is 4.90. The number of anilines is 1. The summed E-state index contributed by atoms with van der Waals surface area (Å²) in [4.78, 5) is 5.01. The van der Waals surface area contributed by atoms with Crippen LogP contribution in [0.15, 0.2) is 33.1 Å². The molecule has 2 heterocycles. The van der Waals surface area contributed by atoms with Crippen LogP contribution in [0.25, 0.3) is 0 Å². The van der Waals surface area contributed by atoms with Gasteiger partial charge in [-0.15, -0.1) is 11.3 Å². The average Bonchev–Trinajstić information content (AvgIpc) is 2.58. The Morgan fingerprint density at radius 1 is 1.33 bits per heavy atom. The molecule has 0 saturated carbocycles. The molecule has 1 N–H and O–H groups in total. The van der Waals surface area contributed by atoms with Gasteiger partial charge in [0.15, 0.2) is 0 Å². The van der Waals surface area contributed by atoms with Crippen LogP contribution in [0.2, 0.25) is 0 Å². The number of nitrogens with one attached hydrogen (secondary N) is 1. The third kappa shape index (κ3) is 2.90. The molecule has 0 aliphatic carbocycles. The fourth-order valence-electron chi connectivity index (χ4n) is 1.48. The van der Waals surface area contributed by atoms with Gasteiger partial charge in [0, 0.05) is 11.1 Å². The summed E-state index contributed by atoms with van der Waals surface area (Å²) >= 11 is 4.67. The van der Waals surface area contributed by atoms with Crippen LogP contribution in [0.1, 0.15) is 10.4 Å². The number of halogens is 1. The monoisotopic (exact) mass is 346 g/mol. The van der Waals surface area contributed by atoms with Gasteiger partial charge in [0.05, 0.1) is 3.79 Å². The molecular formula is C11H11BrN2O2S2. The number of thiophene rings is 1. The highest BCUT2D eigenvalue weighted by atomic mass is 79.9. The number of sulfonamides is 1.